The van der Waals surface area contributed by atoms with Crippen LogP contribution in [-0.2, 0) is 6.54 Å². The predicted octanol–water partition coefficient (Wildman–Crippen LogP) is 5.86. The average molecular weight is 480 g/mol. The molecule has 1 N–H and O–H groups in total. The van der Waals surface area contributed by atoms with Crippen LogP contribution in [-0.4, -0.2) is 41.6 Å². The fraction of sp³-hybridized carbons (Fsp3) is 0.258. The van der Waals surface area contributed by atoms with Gasteiger partial charge in [0.05, 0.1) is 18.4 Å². The van der Waals surface area contributed by atoms with Gasteiger partial charge in [-0.1, -0.05) is 60.7 Å². The van der Waals surface area contributed by atoms with E-state index < -0.39 is 0 Å². The Labute approximate surface area is 213 Å². The van der Waals surface area contributed by atoms with Crippen LogP contribution in [0, 0.1) is 6.92 Å². The Morgan fingerprint density at radius 3 is 2.31 bits per heavy atom. The molecule has 36 heavy (non-hydrogen) atoms. The summed E-state index contributed by atoms with van der Waals surface area (Å²) in [6, 6.07) is 30.9. The lowest BCUT2D eigenvalue weighted by Crippen LogP contribution is -2.44. The summed E-state index contributed by atoms with van der Waals surface area (Å²) in [5.74, 6) is 0.784. The lowest BCUT2D eigenvalue weighted by molar-refractivity contribution is 0.0908. The normalized spacial score (nSPS) is 14.5. The van der Waals surface area contributed by atoms with E-state index in [1.165, 1.54) is 5.56 Å². The number of carbonyl (C=O) groups is 1. The highest BCUT2D eigenvalue weighted by Gasteiger charge is 2.24. The van der Waals surface area contributed by atoms with Gasteiger partial charge in [-0.2, -0.15) is 0 Å². The molecule has 1 fully saturated rings. The van der Waals surface area contributed by atoms with E-state index >= 15 is 0 Å². The lowest BCUT2D eigenvalue weighted by atomic mass is 10.0. The Bertz CT molecular complexity index is 1310. The number of aromatic nitrogens is 1. The van der Waals surface area contributed by atoms with Gasteiger partial charge in [0, 0.05) is 42.6 Å². The van der Waals surface area contributed by atoms with E-state index in [1.807, 2.05) is 49.4 Å². The number of likely N-dealkylation sites (tertiary alicyclic amines) is 1. The molecule has 2 heterocycles. The second-order valence-electron chi connectivity index (χ2n) is 9.44. The Balaban J connectivity index is 1.35. The molecule has 5 rings (SSSR count). The van der Waals surface area contributed by atoms with E-state index in [-0.39, 0.29) is 11.9 Å². The Morgan fingerprint density at radius 1 is 0.917 bits per heavy atom. The van der Waals surface area contributed by atoms with E-state index in [9.17, 15) is 4.79 Å². The molecule has 0 unspecified atom stereocenters. The molecule has 0 aliphatic carbocycles. The molecule has 0 spiro atoms. The summed E-state index contributed by atoms with van der Waals surface area (Å²) >= 11 is 0. The second kappa shape index (κ2) is 10.8. The van der Waals surface area contributed by atoms with Gasteiger partial charge in [-0.05, 0) is 55.7 Å². The molecule has 0 bridgehead atoms. The maximum absolute atomic E-state index is 13.5. The minimum atomic E-state index is -0.00663. The van der Waals surface area contributed by atoms with Crippen molar-refractivity contribution >= 4 is 5.91 Å². The maximum atomic E-state index is 13.5. The number of hydrogen-bond donors (Lipinski definition) is 1. The third kappa shape index (κ3) is 5.21. The van der Waals surface area contributed by atoms with Crippen LogP contribution < -0.4 is 10.1 Å². The SMILES string of the molecule is COc1cccc(-c2cc(C(=O)NC3CCN(Cc4ccccc4)CC3)c(C)n2-c2ccccc2)c1. The van der Waals surface area contributed by atoms with Gasteiger partial charge in [0.2, 0.25) is 0 Å². The van der Waals surface area contributed by atoms with Gasteiger partial charge in [0.15, 0.2) is 0 Å². The summed E-state index contributed by atoms with van der Waals surface area (Å²) in [6.45, 7) is 4.95. The summed E-state index contributed by atoms with van der Waals surface area (Å²) in [6.07, 6.45) is 1.92. The van der Waals surface area contributed by atoms with Gasteiger partial charge in [0.1, 0.15) is 5.75 Å². The van der Waals surface area contributed by atoms with Crippen molar-refractivity contribution < 1.29 is 9.53 Å². The highest BCUT2D eigenvalue weighted by atomic mass is 16.5. The molecular formula is C31H33N3O2. The first-order valence-electron chi connectivity index (χ1n) is 12.6. The van der Waals surface area contributed by atoms with Crippen LogP contribution in [0.25, 0.3) is 16.9 Å². The van der Waals surface area contributed by atoms with E-state index in [0.29, 0.717) is 5.56 Å². The molecule has 1 aliphatic rings. The standard InChI is InChI=1S/C31H33N3O2/c1-23-29(31(35)32-26-16-18-33(19-17-26)22-24-10-5-3-6-11-24)21-30(25-12-9-15-28(20-25)36-2)34(23)27-13-7-4-8-14-27/h3-15,20-21,26H,16-19,22H2,1-2H3,(H,32,35). The second-order valence-corrected chi connectivity index (χ2v) is 9.44. The number of carbonyl (C=O) groups excluding carboxylic acids is 1. The number of nitrogens with zero attached hydrogens (tertiary/aromatic N) is 2. The number of para-hydroxylation sites is 1. The van der Waals surface area contributed by atoms with Crippen molar-refractivity contribution in [3.05, 3.63) is 108 Å². The number of rotatable bonds is 7. The number of nitrogens with one attached hydrogen (secondary N) is 1. The molecule has 1 saturated heterocycles. The maximum Gasteiger partial charge on any atom is 0.253 e. The van der Waals surface area contributed by atoms with Crippen LogP contribution >= 0.6 is 0 Å². The molecule has 5 nitrogen and oxygen atoms in total. The van der Waals surface area contributed by atoms with Crippen molar-refractivity contribution in [1.29, 1.82) is 0 Å². The summed E-state index contributed by atoms with van der Waals surface area (Å²) < 4.78 is 7.62. The summed E-state index contributed by atoms with van der Waals surface area (Å²) in [5, 5.41) is 3.32. The predicted molar refractivity (Wildman–Crippen MR) is 145 cm³/mol. The number of hydrogen-bond acceptors (Lipinski definition) is 3. The van der Waals surface area contributed by atoms with Gasteiger partial charge in [-0.25, -0.2) is 0 Å². The first kappa shape index (κ1) is 23.9. The van der Waals surface area contributed by atoms with Gasteiger partial charge in [-0.3, -0.25) is 9.69 Å². The topological polar surface area (TPSA) is 46.5 Å². The Kier molecular flexibility index (Phi) is 7.19. The molecule has 5 heteroatoms. The molecule has 1 aliphatic heterocycles. The third-order valence-corrected chi connectivity index (χ3v) is 7.04. The van der Waals surface area contributed by atoms with Crippen molar-refractivity contribution in [2.75, 3.05) is 20.2 Å². The number of amides is 1. The van der Waals surface area contributed by atoms with Crippen molar-refractivity contribution in [3.63, 3.8) is 0 Å². The minimum Gasteiger partial charge on any atom is -0.497 e. The summed E-state index contributed by atoms with van der Waals surface area (Å²) in [4.78, 5) is 16.0. The van der Waals surface area contributed by atoms with Crippen molar-refractivity contribution in [3.8, 4) is 22.7 Å². The van der Waals surface area contributed by atoms with Gasteiger partial charge < -0.3 is 14.6 Å². The largest absolute Gasteiger partial charge is 0.497 e. The summed E-state index contributed by atoms with van der Waals surface area (Å²) in [5.41, 5.74) is 5.99. The van der Waals surface area contributed by atoms with E-state index in [1.54, 1.807) is 7.11 Å². The van der Waals surface area contributed by atoms with Crippen LogP contribution in [0.4, 0.5) is 0 Å². The van der Waals surface area contributed by atoms with E-state index in [4.69, 9.17) is 4.74 Å². The van der Waals surface area contributed by atoms with Crippen molar-refractivity contribution in [2.45, 2.75) is 32.4 Å². The molecule has 4 aromatic rings. The smallest absolute Gasteiger partial charge is 0.253 e. The van der Waals surface area contributed by atoms with Crippen LogP contribution in [0.3, 0.4) is 0 Å². The van der Waals surface area contributed by atoms with Crippen molar-refractivity contribution in [1.82, 2.24) is 14.8 Å². The molecule has 3 aromatic carbocycles. The zero-order valence-corrected chi connectivity index (χ0v) is 21.0. The molecule has 184 valence electrons. The lowest BCUT2D eigenvalue weighted by Gasteiger charge is -2.32. The number of piperidine rings is 1. The molecular weight excluding hydrogens is 446 g/mol. The molecule has 0 radical (unpaired) electrons. The first-order valence-corrected chi connectivity index (χ1v) is 12.6. The zero-order chi connectivity index (χ0) is 24.9. The van der Waals surface area contributed by atoms with Crippen LogP contribution in [0.15, 0.2) is 91.0 Å². The number of methoxy groups -OCH3 is 1. The van der Waals surface area contributed by atoms with E-state index in [0.717, 1.165) is 60.9 Å². The monoisotopic (exact) mass is 479 g/mol. The average Bonchev–Trinajstić information content (AvgIpc) is 3.28. The quantitative estimate of drug-likeness (QED) is 0.361. The molecule has 0 saturated carbocycles. The van der Waals surface area contributed by atoms with E-state index in [2.05, 4.69) is 63.3 Å². The third-order valence-electron chi connectivity index (χ3n) is 7.04. The molecule has 0 atom stereocenters. The first-order chi connectivity index (χ1) is 17.6. The zero-order valence-electron chi connectivity index (χ0n) is 21.0. The number of ether oxygens (including phenoxy) is 1. The van der Waals surface area contributed by atoms with Crippen LogP contribution in [0.2, 0.25) is 0 Å². The Morgan fingerprint density at radius 2 is 1.61 bits per heavy atom. The van der Waals surface area contributed by atoms with Crippen LogP contribution in [0.1, 0.15) is 34.5 Å². The highest BCUT2D eigenvalue weighted by Crippen LogP contribution is 2.31. The minimum absolute atomic E-state index is 0.00663. The fourth-order valence-electron chi connectivity index (χ4n) is 5.08. The summed E-state index contributed by atoms with van der Waals surface area (Å²) in [7, 11) is 1.67. The highest BCUT2D eigenvalue weighted by molar-refractivity contribution is 5.97. The van der Waals surface area contributed by atoms with Gasteiger partial charge in [0.25, 0.3) is 5.91 Å². The van der Waals surface area contributed by atoms with Gasteiger partial charge in [-0.15, -0.1) is 0 Å². The van der Waals surface area contributed by atoms with Gasteiger partial charge >= 0.3 is 0 Å². The van der Waals surface area contributed by atoms with Crippen LogP contribution in [0.5, 0.6) is 5.75 Å². The molecule has 1 amide bonds. The Hall–Kier alpha value is -3.83. The fourth-order valence-corrected chi connectivity index (χ4v) is 5.08. The molecule has 1 aromatic heterocycles. The van der Waals surface area contributed by atoms with Crippen molar-refractivity contribution in [2.24, 2.45) is 0 Å². The number of benzene rings is 3.